The van der Waals surface area contributed by atoms with Crippen molar-refractivity contribution in [1.82, 2.24) is 20.2 Å². The summed E-state index contributed by atoms with van der Waals surface area (Å²) < 4.78 is 0. The highest BCUT2D eigenvalue weighted by atomic mass is 35.5. The average molecular weight is 353 g/mol. The van der Waals surface area contributed by atoms with E-state index < -0.39 is 0 Å². The molecule has 0 bridgehead atoms. The molecule has 0 saturated carbocycles. The van der Waals surface area contributed by atoms with E-state index in [1.165, 1.54) is 0 Å². The van der Waals surface area contributed by atoms with Gasteiger partial charge in [-0.1, -0.05) is 48.0 Å². The fraction of sp³-hybridized carbons (Fsp3) is 0.111. The maximum atomic E-state index is 6.36. The summed E-state index contributed by atoms with van der Waals surface area (Å²) in [5.41, 5.74) is 15.6. The van der Waals surface area contributed by atoms with E-state index in [1.54, 1.807) is 0 Å². The van der Waals surface area contributed by atoms with Crippen molar-refractivity contribution < 1.29 is 0 Å². The molecule has 7 heteroatoms. The van der Waals surface area contributed by atoms with E-state index in [2.05, 4.69) is 20.2 Å². The zero-order chi connectivity index (χ0) is 17.4. The van der Waals surface area contributed by atoms with Gasteiger partial charge in [0.2, 0.25) is 0 Å². The molecule has 2 heterocycles. The molecule has 0 saturated heterocycles. The predicted octanol–water partition coefficient (Wildman–Crippen LogP) is 3.43. The van der Waals surface area contributed by atoms with Gasteiger partial charge in [-0.15, -0.1) is 0 Å². The third-order valence-corrected chi connectivity index (χ3v) is 4.47. The van der Waals surface area contributed by atoms with Crippen LogP contribution in [0.4, 0.5) is 5.82 Å². The zero-order valence-electron chi connectivity index (χ0n) is 13.3. The minimum absolute atomic E-state index is 0.264. The molecule has 25 heavy (non-hydrogen) atoms. The second kappa shape index (κ2) is 6.23. The Morgan fingerprint density at radius 1 is 1.12 bits per heavy atom. The first-order chi connectivity index (χ1) is 12.1. The number of aromatic amines is 2. The smallest absolute Gasteiger partial charge is 0.153 e. The van der Waals surface area contributed by atoms with Crippen molar-refractivity contribution in [2.45, 2.75) is 12.5 Å². The molecule has 6 N–H and O–H groups in total. The second-order valence-electron chi connectivity index (χ2n) is 5.95. The van der Waals surface area contributed by atoms with Crippen LogP contribution in [0, 0.1) is 0 Å². The number of hydrogen-bond acceptors (Lipinski definition) is 4. The molecule has 4 rings (SSSR count). The van der Waals surface area contributed by atoms with E-state index >= 15 is 0 Å². The molecule has 126 valence electrons. The number of nitrogens with one attached hydrogen (secondary N) is 2. The molecule has 0 fully saturated rings. The van der Waals surface area contributed by atoms with E-state index in [-0.39, 0.29) is 6.04 Å². The van der Waals surface area contributed by atoms with E-state index in [9.17, 15) is 0 Å². The van der Waals surface area contributed by atoms with Gasteiger partial charge in [0.1, 0.15) is 16.7 Å². The lowest BCUT2D eigenvalue weighted by atomic mass is 10.1. The number of nitrogens with zero attached hydrogens (tertiary/aromatic N) is 2. The molecule has 6 nitrogen and oxygen atoms in total. The highest BCUT2D eigenvalue weighted by Crippen LogP contribution is 2.30. The van der Waals surface area contributed by atoms with Gasteiger partial charge in [-0.2, -0.15) is 5.10 Å². The SMILES string of the molecule is Nc1n[nH]c2cc(-c3nc(C(N)Cc4ccccc4)[nH]c3Cl)ccc12. The van der Waals surface area contributed by atoms with Crippen LogP contribution in [0.5, 0.6) is 0 Å². The first-order valence-electron chi connectivity index (χ1n) is 7.90. The highest BCUT2D eigenvalue weighted by Gasteiger charge is 2.17. The summed E-state index contributed by atoms with van der Waals surface area (Å²) in [4.78, 5) is 7.71. The van der Waals surface area contributed by atoms with Crippen molar-refractivity contribution in [1.29, 1.82) is 0 Å². The number of anilines is 1. The summed E-state index contributed by atoms with van der Waals surface area (Å²) in [7, 11) is 0. The fourth-order valence-corrected chi connectivity index (χ4v) is 3.14. The third-order valence-electron chi connectivity index (χ3n) is 4.19. The molecule has 0 aliphatic heterocycles. The van der Waals surface area contributed by atoms with Crippen molar-refractivity contribution in [3.05, 3.63) is 65.1 Å². The molecule has 2 aromatic carbocycles. The van der Waals surface area contributed by atoms with E-state index in [0.29, 0.717) is 28.9 Å². The van der Waals surface area contributed by atoms with Crippen LogP contribution in [0.2, 0.25) is 5.15 Å². The van der Waals surface area contributed by atoms with Crippen LogP contribution >= 0.6 is 11.6 Å². The molecule has 2 aromatic heterocycles. The number of aromatic nitrogens is 4. The van der Waals surface area contributed by atoms with Crippen molar-refractivity contribution in [2.75, 3.05) is 5.73 Å². The first-order valence-corrected chi connectivity index (χ1v) is 8.28. The number of imidazole rings is 1. The normalized spacial score (nSPS) is 12.6. The Bertz CT molecular complexity index is 1020. The summed E-state index contributed by atoms with van der Waals surface area (Å²) >= 11 is 6.36. The van der Waals surface area contributed by atoms with Gasteiger partial charge in [0, 0.05) is 10.9 Å². The maximum absolute atomic E-state index is 6.36. The number of benzene rings is 2. The largest absolute Gasteiger partial charge is 0.382 e. The van der Waals surface area contributed by atoms with E-state index in [0.717, 1.165) is 22.0 Å². The van der Waals surface area contributed by atoms with Gasteiger partial charge in [0.05, 0.1) is 11.6 Å². The topological polar surface area (TPSA) is 109 Å². The Kier molecular flexibility index (Phi) is 3.91. The second-order valence-corrected chi connectivity index (χ2v) is 6.33. The van der Waals surface area contributed by atoms with Crippen LogP contribution in [0.1, 0.15) is 17.4 Å². The van der Waals surface area contributed by atoms with Gasteiger partial charge >= 0.3 is 0 Å². The number of hydrogen-bond donors (Lipinski definition) is 4. The molecular formula is C18H17ClN6. The van der Waals surface area contributed by atoms with Crippen molar-refractivity contribution in [3.63, 3.8) is 0 Å². The molecule has 0 radical (unpaired) electrons. The van der Waals surface area contributed by atoms with Gasteiger partial charge in [-0.05, 0) is 24.1 Å². The molecule has 1 atom stereocenters. The van der Waals surface area contributed by atoms with Crippen LogP contribution < -0.4 is 11.5 Å². The van der Waals surface area contributed by atoms with Crippen LogP contribution in [0.25, 0.3) is 22.2 Å². The average Bonchev–Trinajstić information content (AvgIpc) is 3.19. The number of halogens is 1. The summed E-state index contributed by atoms with van der Waals surface area (Å²) in [6, 6.07) is 15.5. The minimum atomic E-state index is -0.264. The van der Waals surface area contributed by atoms with E-state index in [4.69, 9.17) is 23.1 Å². The predicted molar refractivity (Wildman–Crippen MR) is 100 cm³/mol. The number of H-pyrrole nitrogens is 2. The molecule has 1 unspecified atom stereocenters. The first kappa shape index (κ1) is 15.7. The van der Waals surface area contributed by atoms with Crippen molar-refractivity contribution in [2.24, 2.45) is 5.73 Å². The Morgan fingerprint density at radius 3 is 2.72 bits per heavy atom. The Morgan fingerprint density at radius 2 is 1.92 bits per heavy atom. The minimum Gasteiger partial charge on any atom is -0.382 e. The monoisotopic (exact) mass is 352 g/mol. The summed E-state index contributed by atoms with van der Waals surface area (Å²) in [5, 5.41) is 8.24. The Labute approximate surface area is 149 Å². The highest BCUT2D eigenvalue weighted by molar-refractivity contribution is 6.32. The quantitative estimate of drug-likeness (QED) is 0.451. The molecule has 0 spiro atoms. The van der Waals surface area contributed by atoms with Gasteiger partial charge in [0.15, 0.2) is 5.82 Å². The summed E-state index contributed by atoms with van der Waals surface area (Å²) in [6.07, 6.45) is 0.681. The van der Waals surface area contributed by atoms with Gasteiger partial charge in [-0.25, -0.2) is 4.98 Å². The summed E-state index contributed by atoms with van der Waals surface area (Å²) in [5.74, 6) is 1.13. The zero-order valence-corrected chi connectivity index (χ0v) is 14.1. The Hall–Kier alpha value is -2.83. The van der Waals surface area contributed by atoms with Crippen LogP contribution in [-0.4, -0.2) is 20.2 Å². The number of fused-ring (bicyclic) bond motifs is 1. The molecule has 4 aromatic rings. The lowest BCUT2D eigenvalue weighted by Gasteiger charge is -2.08. The van der Waals surface area contributed by atoms with Gasteiger partial charge in [-0.3, -0.25) is 5.10 Å². The molecular weight excluding hydrogens is 336 g/mol. The number of nitrogens with two attached hydrogens (primary N) is 2. The van der Waals surface area contributed by atoms with Crippen LogP contribution in [0.3, 0.4) is 0 Å². The lowest BCUT2D eigenvalue weighted by Crippen LogP contribution is -2.15. The number of rotatable bonds is 4. The van der Waals surface area contributed by atoms with E-state index in [1.807, 2.05) is 48.5 Å². The fourth-order valence-electron chi connectivity index (χ4n) is 2.89. The summed E-state index contributed by atoms with van der Waals surface area (Å²) in [6.45, 7) is 0. The van der Waals surface area contributed by atoms with Crippen molar-refractivity contribution >= 4 is 28.3 Å². The van der Waals surface area contributed by atoms with Crippen LogP contribution in [0.15, 0.2) is 48.5 Å². The molecule has 0 amide bonds. The third kappa shape index (κ3) is 2.97. The molecule has 0 aliphatic rings. The Balaban J connectivity index is 1.64. The van der Waals surface area contributed by atoms with Crippen LogP contribution in [-0.2, 0) is 6.42 Å². The number of nitrogen functional groups attached to an aromatic ring is 1. The lowest BCUT2D eigenvalue weighted by molar-refractivity contribution is 0.678. The van der Waals surface area contributed by atoms with Gasteiger partial charge in [0.25, 0.3) is 0 Å². The maximum Gasteiger partial charge on any atom is 0.153 e. The molecule has 0 aliphatic carbocycles. The van der Waals surface area contributed by atoms with Gasteiger partial charge < -0.3 is 16.5 Å². The standard InChI is InChI=1S/C18H17ClN6/c19-16-15(11-6-7-12-14(9-11)24-25-17(12)21)22-18(23-16)13(20)8-10-4-2-1-3-5-10/h1-7,9,13H,8,20H2,(H,22,23)(H3,21,24,25). The van der Waals surface area contributed by atoms with Crippen molar-refractivity contribution in [3.8, 4) is 11.3 Å².